The van der Waals surface area contributed by atoms with E-state index in [2.05, 4.69) is 4.98 Å². The second-order valence-corrected chi connectivity index (χ2v) is 2.69. The van der Waals surface area contributed by atoms with Gasteiger partial charge in [-0.1, -0.05) is 0 Å². The summed E-state index contributed by atoms with van der Waals surface area (Å²) in [6.07, 6.45) is 4.60. The monoisotopic (exact) mass is 168 g/mol. The maximum Gasteiger partial charge on any atom is 0.162 e. The molecule has 1 unspecified atom stereocenters. The average molecular weight is 168 g/mol. The zero-order valence-corrected chi connectivity index (χ0v) is 6.97. The minimum absolute atomic E-state index is 0.135. The Labute approximate surface area is 70.9 Å². The number of hydrogen-bond donors (Lipinski definition) is 1. The van der Waals surface area contributed by atoms with Gasteiger partial charge < -0.3 is 9.67 Å². The van der Waals surface area contributed by atoms with Crippen LogP contribution >= 0.6 is 0 Å². The van der Waals surface area contributed by atoms with Crippen LogP contribution in [0, 0.1) is 0 Å². The normalized spacial score (nSPS) is 12.8. The standard InChI is InChI=1S/C8H12N2O2/c1-7(11)8(12)2-4-10-5-3-9-6-10/h3,5-7,11H,2,4H2,1H3. The Morgan fingerprint density at radius 2 is 2.50 bits per heavy atom. The van der Waals surface area contributed by atoms with Gasteiger partial charge in [-0.2, -0.15) is 0 Å². The molecule has 0 aliphatic rings. The smallest absolute Gasteiger partial charge is 0.162 e. The van der Waals surface area contributed by atoms with Crippen molar-refractivity contribution in [2.75, 3.05) is 0 Å². The number of carbonyl (C=O) groups is 1. The Hall–Kier alpha value is -1.16. The average Bonchev–Trinajstić information content (AvgIpc) is 2.51. The van der Waals surface area contributed by atoms with Crippen molar-refractivity contribution >= 4 is 5.78 Å². The maximum absolute atomic E-state index is 11.0. The summed E-state index contributed by atoms with van der Waals surface area (Å²) in [4.78, 5) is 14.8. The molecule has 0 fully saturated rings. The van der Waals surface area contributed by atoms with Crippen LogP contribution in [-0.4, -0.2) is 26.5 Å². The minimum atomic E-state index is -0.853. The Bertz CT molecular complexity index is 242. The molecule has 1 heterocycles. The van der Waals surface area contributed by atoms with E-state index in [-0.39, 0.29) is 5.78 Å². The lowest BCUT2D eigenvalue weighted by Crippen LogP contribution is -2.17. The van der Waals surface area contributed by atoms with Gasteiger partial charge in [-0.05, 0) is 6.92 Å². The number of hydrogen-bond acceptors (Lipinski definition) is 3. The number of aryl methyl sites for hydroxylation is 1. The fourth-order valence-electron chi connectivity index (χ4n) is 0.867. The molecule has 12 heavy (non-hydrogen) atoms. The Balaban J connectivity index is 2.32. The van der Waals surface area contributed by atoms with E-state index in [1.807, 2.05) is 0 Å². The quantitative estimate of drug-likeness (QED) is 0.699. The van der Waals surface area contributed by atoms with E-state index >= 15 is 0 Å². The fraction of sp³-hybridized carbons (Fsp3) is 0.500. The van der Waals surface area contributed by atoms with Gasteiger partial charge in [-0.25, -0.2) is 4.98 Å². The number of nitrogens with zero attached hydrogens (tertiary/aromatic N) is 2. The second kappa shape index (κ2) is 4.01. The van der Waals surface area contributed by atoms with Crippen LogP contribution in [0.5, 0.6) is 0 Å². The molecule has 66 valence electrons. The summed E-state index contributed by atoms with van der Waals surface area (Å²) < 4.78 is 1.81. The van der Waals surface area contributed by atoms with Gasteiger partial charge in [0.25, 0.3) is 0 Å². The Morgan fingerprint density at radius 3 is 3.00 bits per heavy atom. The van der Waals surface area contributed by atoms with E-state index in [0.29, 0.717) is 13.0 Å². The Kier molecular flexibility index (Phi) is 2.99. The summed E-state index contributed by atoms with van der Waals surface area (Å²) in [5, 5.41) is 8.88. The molecule has 1 aromatic rings. The highest BCUT2D eigenvalue weighted by molar-refractivity contribution is 5.82. The molecule has 1 N–H and O–H groups in total. The lowest BCUT2D eigenvalue weighted by atomic mass is 10.2. The molecule has 0 spiro atoms. The van der Waals surface area contributed by atoms with E-state index in [1.54, 1.807) is 23.3 Å². The molecule has 1 rings (SSSR count). The highest BCUT2D eigenvalue weighted by atomic mass is 16.3. The first-order chi connectivity index (χ1) is 5.70. The van der Waals surface area contributed by atoms with E-state index in [0.717, 1.165) is 0 Å². The first-order valence-corrected chi connectivity index (χ1v) is 3.86. The number of ketones is 1. The number of aromatic nitrogens is 2. The van der Waals surface area contributed by atoms with Crippen molar-refractivity contribution in [3.8, 4) is 0 Å². The summed E-state index contributed by atoms with van der Waals surface area (Å²) in [5.41, 5.74) is 0. The molecular formula is C8H12N2O2. The van der Waals surface area contributed by atoms with E-state index in [9.17, 15) is 4.79 Å². The highest BCUT2D eigenvalue weighted by Gasteiger charge is 2.07. The molecular weight excluding hydrogens is 156 g/mol. The molecule has 0 aliphatic carbocycles. The summed E-state index contributed by atoms with van der Waals surface area (Å²) in [6, 6.07) is 0. The molecule has 1 aromatic heterocycles. The van der Waals surface area contributed by atoms with E-state index in [4.69, 9.17) is 5.11 Å². The lowest BCUT2D eigenvalue weighted by Gasteiger charge is -2.03. The molecule has 0 saturated carbocycles. The second-order valence-electron chi connectivity index (χ2n) is 2.69. The molecule has 0 aliphatic heterocycles. The number of aliphatic hydroxyl groups is 1. The summed E-state index contributed by atoms with van der Waals surface area (Å²) in [6.45, 7) is 2.07. The Morgan fingerprint density at radius 1 is 1.75 bits per heavy atom. The minimum Gasteiger partial charge on any atom is -0.386 e. The predicted octanol–water partition coefficient (Wildman–Crippen LogP) is 0.223. The van der Waals surface area contributed by atoms with Crippen LogP contribution in [0.1, 0.15) is 13.3 Å². The lowest BCUT2D eigenvalue weighted by molar-refractivity contribution is -0.126. The van der Waals surface area contributed by atoms with E-state index in [1.165, 1.54) is 6.92 Å². The fourth-order valence-corrected chi connectivity index (χ4v) is 0.867. The topological polar surface area (TPSA) is 55.1 Å². The zero-order chi connectivity index (χ0) is 8.97. The van der Waals surface area contributed by atoms with Gasteiger partial charge in [-0.3, -0.25) is 4.79 Å². The third-order valence-corrected chi connectivity index (χ3v) is 1.64. The van der Waals surface area contributed by atoms with Gasteiger partial charge in [-0.15, -0.1) is 0 Å². The SMILES string of the molecule is CC(O)C(=O)CCn1ccnc1. The van der Waals surface area contributed by atoms with Crippen molar-refractivity contribution in [3.63, 3.8) is 0 Å². The molecule has 4 nitrogen and oxygen atoms in total. The molecule has 0 aromatic carbocycles. The van der Waals surface area contributed by atoms with Gasteiger partial charge in [0, 0.05) is 25.4 Å². The largest absolute Gasteiger partial charge is 0.386 e. The first kappa shape index (κ1) is 8.93. The summed E-state index contributed by atoms with van der Waals surface area (Å²) in [5.74, 6) is -0.135. The van der Waals surface area contributed by atoms with Crippen LogP contribution in [0.2, 0.25) is 0 Å². The third-order valence-electron chi connectivity index (χ3n) is 1.64. The maximum atomic E-state index is 11.0. The van der Waals surface area contributed by atoms with Crippen molar-refractivity contribution in [1.82, 2.24) is 9.55 Å². The number of rotatable bonds is 4. The zero-order valence-electron chi connectivity index (χ0n) is 6.97. The molecule has 1 atom stereocenters. The van der Waals surface area contributed by atoms with Crippen LogP contribution in [0.25, 0.3) is 0 Å². The van der Waals surface area contributed by atoms with Crippen molar-refractivity contribution < 1.29 is 9.90 Å². The first-order valence-electron chi connectivity index (χ1n) is 3.86. The summed E-state index contributed by atoms with van der Waals surface area (Å²) >= 11 is 0. The number of carbonyl (C=O) groups excluding carboxylic acids is 1. The number of aliphatic hydroxyl groups excluding tert-OH is 1. The van der Waals surface area contributed by atoms with Crippen LogP contribution in [0.4, 0.5) is 0 Å². The van der Waals surface area contributed by atoms with Crippen LogP contribution in [-0.2, 0) is 11.3 Å². The molecule has 0 saturated heterocycles. The van der Waals surface area contributed by atoms with Gasteiger partial charge in [0.1, 0.15) is 6.10 Å². The van der Waals surface area contributed by atoms with Crippen LogP contribution in [0.15, 0.2) is 18.7 Å². The molecule has 0 amide bonds. The third kappa shape index (κ3) is 2.47. The van der Waals surface area contributed by atoms with Crippen LogP contribution in [0.3, 0.4) is 0 Å². The van der Waals surface area contributed by atoms with Crippen molar-refractivity contribution in [3.05, 3.63) is 18.7 Å². The molecule has 0 bridgehead atoms. The van der Waals surface area contributed by atoms with Gasteiger partial charge >= 0.3 is 0 Å². The number of Topliss-reactive ketones (excluding diaryl/α,β-unsaturated/α-hetero) is 1. The van der Waals surface area contributed by atoms with Gasteiger partial charge in [0.2, 0.25) is 0 Å². The van der Waals surface area contributed by atoms with Gasteiger partial charge in [0.05, 0.1) is 6.33 Å². The van der Waals surface area contributed by atoms with Crippen molar-refractivity contribution in [2.24, 2.45) is 0 Å². The van der Waals surface area contributed by atoms with Crippen molar-refractivity contribution in [2.45, 2.75) is 26.0 Å². The summed E-state index contributed by atoms with van der Waals surface area (Å²) in [7, 11) is 0. The molecule has 0 radical (unpaired) electrons. The van der Waals surface area contributed by atoms with E-state index < -0.39 is 6.10 Å². The predicted molar refractivity (Wildman–Crippen MR) is 43.5 cm³/mol. The number of imidazole rings is 1. The van der Waals surface area contributed by atoms with Crippen molar-refractivity contribution in [1.29, 1.82) is 0 Å². The van der Waals surface area contributed by atoms with Crippen LogP contribution < -0.4 is 0 Å². The molecule has 4 heteroatoms. The van der Waals surface area contributed by atoms with Gasteiger partial charge in [0.15, 0.2) is 5.78 Å². The highest BCUT2D eigenvalue weighted by Crippen LogP contribution is 1.95.